The third kappa shape index (κ3) is 3.14. The normalized spacial score (nSPS) is 9.94. The fourth-order valence-corrected chi connectivity index (χ4v) is 1.68. The lowest BCUT2D eigenvalue weighted by Gasteiger charge is -2.28. The zero-order valence-corrected chi connectivity index (χ0v) is 10.8. The molecule has 0 aliphatic carbocycles. The number of hydrogen-bond acceptors (Lipinski definition) is 4. The Bertz CT molecular complexity index is 478. The van der Waals surface area contributed by atoms with E-state index < -0.39 is 5.91 Å². The highest BCUT2D eigenvalue weighted by molar-refractivity contribution is 5.80. The molecule has 0 fully saturated rings. The summed E-state index contributed by atoms with van der Waals surface area (Å²) in [6.07, 6.45) is 0. The third-order valence-corrected chi connectivity index (χ3v) is 2.58. The molecule has 0 bridgehead atoms. The van der Waals surface area contributed by atoms with E-state index in [1.165, 1.54) is 0 Å². The maximum absolute atomic E-state index is 11.1. The van der Waals surface area contributed by atoms with Crippen LogP contribution in [0.1, 0.15) is 19.4 Å². The monoisotopic (exact) mass is 247 g/mol. The number of primary amides is 1. The number of benzene rings is 1. The Labute approximate surface area is 107 Å². The van der Waals surface area contributed by atoms with Crippen LogP contribution in [-0.2, 0) is 4.79 Å². The molecule has 0 spiro atoms. The van der Waals surface area contributed by atoms with Crippen molar-refractivity contribution in [2.24, 2.45) is 5.73 Å². The molecule has 1 amide bonds. The molecule has 0 saturated carbocycles. The summed E-state index contributed by atoms with van der Waals surface area (Å²) in [4.78, 5) is 12.9. The lowest BCUT2D eigenvalue weighted by atomic mass is 10.1. The van der Waals surface area contributed by atoms with Crippen LogP contribution in [0.2, 0.25) is 0 Å². The van der Waals surface area contributed by atoms with Crippen LogP contribution >= 0.6 is 0 Å². The van der Waals surface area contributed by atoms with Crippen LogP contribution in [0.15, 0.2) is 18.2 Å². The van der Waals surface area contributed by atoms with Gasteiger partial charge in [0.2, 0.25) is 5.91 Å². The molecule has 18 heavy (non-hydrogen) atoms. The molecule has 0 aliphatic rings. The number of nitrogens with two attached hydrogens (primary N) is 1. The van der Waals surface area contributed by atoms with Crippen LogP contribution < -0.4 is 15.4 Å². The van der Waals surface area contributed by atoms with Gasteiger partial charge < -0.3 is 15.4 Å². The minimum Gasteiger partial charge on any atom is -0.497 e. The molecule has 0 saturated heterocycles. The fraction of sp³-hybridized carbons (Fsp3) is 0.385. The molecular formula is C13H17N3O2. The van der Waals surface area contributed by atoms with Gasteiger partial charge in [0.15, 0.2) is 0 Å². The van der Waals surface area contributed by atoms with E-state index in [2.05, 4.69) is 6.07 Å². The number of ether oxygens (including phenoxy) is 1. The van der Waals surface area contributed by atoms with Gasteiger partial charge >= 0.3 is 0 Å². The number of nitrogens with zero attached hydrogens (tertiary/aromatic N) is 2. The Morgan fingerprint density at radius 2 is 2.22 bits per heavy atom. The fourth-order valence-electron chi connectivity index (χ4n) is 1.68. The summed E-state index contributed by atoms with van der Waals surface area (Å²) in [5.74, 6) is 0.203. The van der Waals surface area contributed by atoms with E-state index in [0.717, 1.165) is 0 Å². The van der Waals surface area contributed by atoms with Crippen molar-refractivity contribution in [2.45, 2.75) is 19.9 Å². The molecular weight excluding hydrogens is 230 g/mol. The molecule has 0 atom stereocenters. The van der Waals surface area contributed by atoms with Crippen LogP contribution in [0.5, 0.6) is 5.75 Å². The Balaban J connectivity index is 3.25. The molecule has 2 N–H and O–H groups in total. The number of carbonyl (C=O) groups is 1. The van der Waals surface area contributed by atoms with Crippen molar-refractivity contribution in [3.63, 3.8) is 0 Å². The Morgan fingerprint density at radius 1 is 1.56 bits per heavy atom. The first-order chi connectivity index (χ1) is 8.49. The summed E-state index contributed by atoms with van der Waals surface area (Å²) < 4.78 is 5.14. The molecule has 0 aliphatic heterocycles. The third-order valence-electron chi connectivity index (χ3n) is 2.58. The molecule has 5 heteroatoms. The van der Waals surface area contributed by atoms with Gasteiger partial charge in [-0.2, -0.15) is 5.26 Å². The predicted molar refractivity (Wildman–Crippen MR) is 69.4 cm³/mol. The van der Waals surface area contributed by atoms with Crippen LogP contribution in [-0.4, -0.2) is 25.6 Å². The van der Waals surface area contributed by atoms with Gasteiger partial charge in [0.1, 0.15) is 11.8 Å². The molecule has 0 unspecified atom stereocenters. The minimum absolute atomic E-state index is 0.0525. The van der Waals surface area contributed by atoms with E-state index >= 15 is 0 Å². The maximum Gasteiger partial charge on any atom is 0.236 e. The van der Waals surface area contributed by atoms with Crippen LogP contribution in [0.25, 0.3) is 0 Å². The quantitative estimate of drug-likeness (QED) is 0.849. The average molecular weight is 247 g/mol. The van der Waals surface area contributed by atoms with Crippen LogP contribution in [0.3, 0.4) is 0 Å². The highest BCUT2D eigenvalue weighted by Gasteiger charge is 2.17. The highest BCUT2D eigenvalue weighted by Crippen LogP contribution is 2.27. The van der Waals surface area contributed by atoms with E-state index in [1.807, 2.05) is 13.8 Å². The lowest BCUT2D eigenvalue weighted by molar-refractivity contribution is -0.116. The molecule has 96 valence electrons. The van der Waals surface area contributed by atoms with Crippen LogP contribution in [0.4, 0.5) is 5.69 Å². The summed E-state index contributed by atoms with van der Waals surface area (Å²) in [5.41, 5.74) is 6.39. The summed E-state index contributed by atoms with van der Waals surface area (Å²) >= 11 is 0. The van der Waals surface area contributed by atoms with Crippen molar-refractivity contribution in [1.82, 2.24) is 0 Å². The van der Waals surface area contributed by atoms with Crippen molar-refractivity contribution in [3.8, 4) is 11.8 Å². The number of methoxy groups -OCH3 is 1. The van der Waals surface area contributed by atoms with Gasteiger partial charge in [0, 0.05) is 12.1 Å². The minimum atomic E-state index is -0.435. The predicted octanol–water partition coefficient (Wildman–Crippen LogP) is 1.27. The number of nitriles is 1. The number of carbonyl (C=O) groups excluding carboxylic acids is 1. The van der Waals surface area contributed by atoms with Gasteiger partial charge in [0.25, 0.3) is 0 Å². The van der Waals surface area contributed by atoms with Crippen molar-refractivity contribution < 1.29 is 9.53 Å². The zero-order valence-electron chi connectivity index (χ0n) is 10.8. The number of rotatable bonds is 5. The van der Waals surface area contributed by atoms with Crippen molar-refractivity contribution in [3.05, 3.63) is 23.8 Å². The largest absolute Gasteiger partial charge is 0.497 e. The summed E-state index contributed by atoms with van der Waals surface area (Å²) in [6, 6.07) is 7.28. The van der Waals surface area contributed by atoms with Crippen LogP contribution in [0, 0.1) is 11.3 Å². The average Bonchev–Trinajstić information content (AvgIpc) is 2.34. The Hall–Kier alpha value is -2.22. The van der Waals surface area contributed by atoms with Crippen molar-refractivity contribution in [1.29, 1.82) is 5.26 Å². The van der Waals surface area contributed by atoms with Gasteiger partial charge in [-0.05, 0) is 26.0 Å². The molecule has 1 rings (SSSR count). The second kappa shape index (κ2) is 5.92. The lowest BCUT2D eigenvalue weighted by Crippen LogP contribution is -2.39. The Kier molecular flexibility index (Phi) is 4.55. The second-order valence-corrected chi connectivity index (χ2v) is 4.18. The zero-order chi connectivity index (χ0) is 13.7. The van der Waals surface area contributed by atoms with E-state index in [4.69, 9.17) is 15.7 Å². The molecule has 0 aromatic heterocycles. The molecule has 5 nitrogen and oxygen atoms in total. The number of amides is 1. The SMILES string of the molecule is COc1ccc(C#N)c(N(CC(N)=O)C(C)C)c1. The molecule has 0 radical (unpaired) electrons. The summed E-state index contributed by atoms with van der Waals surface area (Å²) in [6.45, 7) is 3.94. The van der Waals surface area contributed by atoms with Gasteiger partial charge in [-0.3, -0.25) is 4.79 Å². The first-order valence-corrected chi connectivity index (χ1v) is 5.62. The van der Waals surface area contributed by atoms with E-state index in [0.29, 0.717) is 17.0 Å². The summed E-state index contributed by atoms with van der Waals surface area (Å²) in [7, 11) is 1.55. The number of anilines is 1. The van der Waals surface area contributed by atoms with Gasteiger partial charge in [-0.1, -0.05) is 0 Å². The smallest absolute Gasteiger partial charge is 0.236 e. The first kappa shape index (κ1) is 13.8. The van der Waals surface area contributed by atoms with Crippen molar-refractivity contribution in [2.75, 3.05) is 18.6 Å². The summed E-state index contributed by atoms with van der Waals surface area (Å²) in [5, 5.41) is 9.11. The molecule has 0 heterocycles. The van der Waals surface area contributed by atoms with E-state index in [1.54, 1.807) is 30.2 Å². The first-order valence-electron chi connectivity index (χ1n) is 5.62. The van der Waals surface area contributed by atoms with Gasteiger partial charge in [-0.15, -0.1) is 0 Å². The maximum atomic E-state index is 11.1. The molecule has 1 aromatic carbocycles. The van der Waals surface area contributed by atoms with E-state index in [9.17, 15) is 4.79 Å². The standard InChI is InChI=1S/C13H17N3O2/c1-9(2)16(8-13(15)17)12-6-11(18-3)5-4-10(12)7-14/h4-6,9H,8H2,1-3H3,(H2,15,17). The topological polar surface area (TPSA) is 79.3 Å². The van der Waals surface area contributed by atoms with E-state index in [-0.39, 0.29) is 12.6 Å². The van der Waals surface area contributed by atoms with Crippen molar-refractivity contribution >= 4 is 11.6 Å². The highest BCUT2D eigenvalue weighted by atomic mass is 16.5. The Morgan fingerprint density at radius 3 is 2.67 bits per heavy atom. The number of hydrogen-bond donors (Lipinski definition) is 1. The van der Waals surface area contributed by atoms with Gasteiger partial charge in [0.05, 0.1) is 24.9 Å². The molecule has 1 aromatic rings. The van der Waals surface area contributed by atoms with Gasteiger partial charge in [-0.25, -0.2) is 0 Å². The second-order valence-electron chi connectivity index (χ2n) is 4.18.